The van der Waals surface area contributed by atoms with E-state index in [2.05, 4.69) is 59.8 Å². The zero-order valence-electron chi connectivity index (χ0n) is 10.5. The lowest BCUT2D eigenvalue weighted by Crippen LogP contribution is -1.98. The summed E-state index contributed by atoms with van der Waals surface area (Å²) in [5.74, 6) is 0. The SMILES string of the molecule is C=CCOC(=O)O.c1ccc(-c2ccccc2)cc1. The molecule has 0 bridgehead atoms. The van der Waals surface area contributed by atoms with Crippen molar-refractivity contribution in [2.45, 2.75) is 0 Å². The molecule has 0 aromatic heterocycles. The van der Waals surface area contributed by atoms with Gasteiger partial charge in [0.2, 0.25) is 0 Å². The van der Waals surface area contributed by atoms with Crippen LogP contribution in [0.4, 0.5) is 4.79 Å². The highest BCUT2D eigenvalue weighted by atomic mass is 16.7. The van der Waals surface area contributed by atoms with Crippen LogP contribution in [0.15, 0.2) is 73.3 Å². The Balaban J connectivity index is 0.000000224. The number of hydrogen-bond donors (Lipinski definition) is 1. The van der Waals surface area contributed by atoms with Crippen molar-refractivity contribution in [3.05, 3.63) is 73.3 Å². The molecular formula is C16H16O3. The third-order valence-corrected chi connectivity index (χ3v) is 2.21. The van der Waals surface area contributed by atoms with E-state index in [-0.39, 0.29) is 6.61 Å². The first-order chi connectivity index (χ1) is 9.24. The van der Waals surface area contributed by atoms with Gasteiger partial charge in [0.1, 0.15) is 6.61 Å². The molecule has 0 aliphatic heterocycles. The molecule has 0 spiro atoms. The van der Waals surface area contributed by atoms with Gasteiger partial charge in [-0.1, -0.05) is 73.3 Å². The van der Waals surface area contributed by atoms with E-state index in [9.17, 15) is 4.79 Å². The summed E-state index contributed by atoms with van der Waals surface area (Å²) in [5, 5.41) is 7.77. The zero-order chi connectivity index (χ0) is 13.9. The molecule has 3 heteroatoms. The first kappa shape index (κ1) is 14.5. The Hall–Kier alpha value is -2.55. The molecule has 0 radical (unpaired) electrons. The highest BCUT2D eigenvalue weighted by Gasteiger charge is 1.91. The van der Waals surface area contributed by atoms with Crippen LogP contribution in [0, 0.1) is 0 Å². The predicted octanol–water partition coefficient (Wildman–Crippen LogP) is 4.22. The molecule has 0 aliphatic rings. The van der Waals surface area contributed by atoms with Gasteiger partial charge in [-0.25, -0.2) is 4.79 Å². The molecule has 0 unspecified atom stereocenters. The van der Waals surface area contributed by atoms with Gasteiger partial charge >= 0.3 is 6.16 Å². The topological polar surface area (TPSA) is 46.5 Å². The van der Waals surface area contributed by atoms with Gasteiger partial charge in [0.15, 0.2) is 0 Å². The Kier molecular flexibility index (Phi) is 6.51. The molecule has 0 heterocycles. The number of carbonyl (C=O) groups is 1. The highest BCUT2D eigenvalue weighted by molar-refractivity contribution is 5.62. The summed E-state index contributed by atoms with van der Waals surface area (Å²) in [4.78, 5) is 9.49. The van der Waals surface area contributed by atoms with Gasteiger partial charge in [-0.05, 0) is 11.1 Å². The standard InChI is InChI=1S/C12H10.C4H6O3/c1-3-7-11(8-4-1)12-9-5-2-6-10-12;1-2-3-7-4(5)6/h1-10H;2H,1,3H2,(H,5,6). The fraction of sp³-hybridized carbons (Fsp3) is 0.0625. The Morgan fingerprint density at radius 3 is 1.68 bits per heavy atom. The monoisotopic (exact) mass is 256 g/mol. The maximum Gasteiger partial charge on any atom is 0.506 e. The second-order valence-corrected chi connectivity index (χ2v) is 3.60. The Morgan fingerprint density at radius 1 is 1.00 bits per heavy atom. The van der Waals surface area contributed by atoms with Crippen molar-refractivity contribution < 1.29 is 14.6 Å². The van der Waals surface area contributed by atoms with Crippen molar-refractivity contribution in [3.8, 4) is 11.1 Å². The molecular weight excluding hydrogens is 240 g/mol. The van der Waals surface area contributed by atoms with Crippen molar-refractivity contribution in [2.24, 2.45) is 0 Å². The molecule has 0 aliphatic carbocycles. The van der Waals surface area contributed by atoms with Gasteiger partial charge in [0, 0.05) is 0 Å². The summed E-state index contributed by atoms with van der Waals surface area (Å²) >= 11 is 0. The Labute approximate surface area is 112 Å². The number of benzene rings is 2. The summed E-state index contributed by atoms with van der Waals surface area (Å²) in [6, 6.07) is 20.8. The maximum absolute atomic E-state index is 9.49. The fourth-order valence-corrected chi connectivity index (χ4v) is 1.39. The van der Waals surface area contributed by atoms with Crippen molar-refractivity contribution in [1.82, 2.24) is 0 Å². The molecule has 0 amide bonds. The van der Waals surface area contributed by atoms with E-state index in [1.165, 1.54) is 17.2 Å². The van der Waals surface area contributed by atoms with Crippen LogP contribution in [0.1, 0.15) is 0 Å². The van der Waals surface area contributed by atoms with E-state index < -0.39 is 6.16 Å². The normalized spacial score (nSPS) is 8.84. The molecule has 19 heavy (non-hydrogen) atoms. The molecule has 2 aromatic rings. The minimum absolute atomic E-state index is 0.0648. The van der Waals surface area contributed by atoms with Crippen molar-refractivity contribution in [2.75, 3.05) is 6.61 Å². The minimum Gasteiger partial charge on any atom is -0.450 e. The van der Waals surface area contributed by atoms with Crippen LogP contribution in [0.5, 0.6) is 0 Å². The van der Waals surface area contributed by atoms with Crippen LogP contribution in [-0.4, -0.2) is 17.9 Å². The van der Waals surface area contributed by atoms with E-state index in [0.29, 0.717) is 0 Å². The lowest BCUT2D eigenvalue weighted by molar-refractivity contribution is 0.102. The average molecular weight is 256 g/mol. The molecule has 0 fully saturated rings. The van der Waals surface area contributed by atoms with E-state index >= 15 is 0 Å². The third-order valence-electron chi connectivity index (χ3n) is 2.21. The van der Waals surface area contributed by atoms with Crippen LogP contribution in [-0.2, 0) is 4.74 Å². The largest absolute Gasteiger partial charge is 0.506 e. The van der Waals surface area contributed by atoms with E-state index in [1.54, 1.807) is 0 Å². The summed E-state index contributed by atoms with van der Waals surface area (Å²) in [6.07, 6.45) is 0.105. The quantitative estimate of drug-likeness (QED) is 0.660. The maximum atomic E-state index is 9.49. The fourth-order valence-electron chi connectivity index (χ4n) is 1.39. The average Bonchev–Trinajstić information content (AvgIpc) is 2.47. The molecule has 2 aromatic carbocycles. The van der Waals surface area contributed by atoms with Crippen LogP contribution in [0.3, 0.4) is 0 Å². The van der Waals surface area contributed by atoms with Crippen LogP contribution in [0.25, 0.3) is 11.1 Å². The van der Waals surface area contributed by atoms with Gasteiger partial charge in [-0.15, -0.1) is 0 Å². The molecule has 1 N–H and O–H groups in total. The predicted molar refractivity (Wildman–Crippen MR) is 76.1 cm³/mol. The van der Waals surface area contributed by atoms with Gasteiger partial charge in [0.25, 0.3) is 0 Å². The Bertz CT molecular complexity index is 454. The minimum atomic E-state index is -1.26. The van der Waals surface area contributed by atoms with Crippen LogP contribution < -0.4 is 0 Å². The summed E-state index contributed by atoms with van der Waals surface area (Å²) in [6.45, 7) is 3.31. The summed E-state index contributed by atoms with van der Waals surface area (Å²) < 4.78 is 3.99. The van der Waals surface area contributed by atoms with Gasteiger partial charge in [-0.2, -0.15) is 0 Å². The highest BCUT2D eigenvalue weighted by Crippen LogP contribution is 2.17. The number of ether oxygens (including phenoxy) is 1. The smallest absolute Gasteiger partial charge is 0.450 e. The number of carboxylic acid groups (broad SMARTS) is 1. The second-order valence-electron chi connectivity index (χ2n) is 3.60. The Morgan fingerprint density at radius 2 is 1.42 bits per heavy atom. The lowest BCUT2D eigenvalue weighted by Gasteiger charge is -1.98. The first-order valence-corrected chi connectivity index (χ1v) is 5.81. The van der Waals surface area contributed by atoms with Crippen molar-refractivity contribution >= 4 is 6.16 Å². The third kappa shape index (κ3) is 6.07. The van der Waals surface area contributed by atoms with Crippen molar-refractivity contribution in [1.29, 1.82) is 0 Å². The molecule has 0 atom stereocenters. The van der Waals surface area contributed by atoms with E-state index in [1.807, 2.05) is 12.1 Å². The number of hydrogen-bond acceptors (Lipinski definition) is 2. The molecule has 98 valence electrons. The second kappa shape index (κ2) is 8.53. The zero-order valence-corrected chi connectivity index (χ0v) is 10.5. The first-order valence-electron chi connectivity index (χ1n) is 5.81. The van der Waals surface area contributed by atoms with E-state index in [4.69, 9.17) is 5.11 Å². The van der Waals surface area contributed by atoms with E-state index in [0.717, 1.165) is 0 Å². The van der Waals surface area contributed by atoms with Gasteiger partial charge in [0.05, 0.1) is 0 Å². The van der Waals surface area contributed by atoms with Gasteiger partial charge in [-0.3, -0.25) is 0 Å². The molecule has 0 saturated heterocycles. The molecule has 0 saturated carbocycles. The molecule has 3 nitrogen and oxygen atoms in total. The summed E-state index contributed by atoms with van der Waals surface area (Å²) in [7, 11) is 0. The van der Waals surface area contributed by atoms with Gasteiger partial charge < -0.3 is 9.84 Å². The molecule has 2 rings (SSSR count). The lowest BCUT2D eigenvalue weighted by atomic mass is 10.1. The van der Waals surface area contributed by atoms with Crippen LogP contribution >= 0.6 is 0 Å². The van der Waals surface area contributed by atoms with Crippen LogP contribution in [0.2, 0.25) is 0 Å². The number of rotatable bonds is 3. The summed E-state index contributed by atoms with van der Waals surface area (Å²) in [5.41, 5.74) is 2.55. The van der Waals surface area contributed by atoms with Crippen molar-refractivity contribution in [3.63, 3.8) is 0 Å².